The van der Waals surface area contributed by atoms with Crippen LogP contribution in [0.1, 0.15) is 27.2 Å². The van der Waals surface area contributed by atoms with Crippen LogP contribution in [0.15, 0.2) is 0 Å². The average molecular weight is 189 g/mol. The fourth-order valence-electron chi connectivity index (χ4n) is 0.447. The fraction of sp³-hybridized carbons (Fsp3) is 1.00. The number of halogens is 2. The summed E-state index contributed by atoms with van der Waals surface area (Å²) in [7, 11) is 0. The third kappa shape index (κ3) is 15.8. The Balaban J connectivity index is -0.000000245. The molecule has 0 fully saturated rings. The van der Waals surface area contributed by atoms with Crippen molar-refractivity contribution in [2.24, 2.45) is 11.3 Å². The monoisotopic (exact) mass is 188 g/mol. The minimum absolute atomic E-state index is 0. The van der Waals surface area contributed by atoms with Gasteiger partial charge in [-0.15, -0.1) is 24.8 Å². The van der Waals surface area contributed by atoms with E-state index >= 15 is 0 Å². The normalized spacial score (nSPS) is 9.60. The number of nitrogens with two attached hydrogens (primary N) is 1. The molecule has 0 aliphatic rings. The fourth-order valence-corrected chi connectivity index (χ4v) is 0.447. The average Bonchev–Trinajstić information content (AvgIpc) is 1.59. The van der Waals surface area contributed by atoms with Gasteiger partial charge in [-0.05, 0) is 11.8 Å². The van der Waals surface area contributed by atoms with Crippen molar-refractivity contribution in [1.82, 2.24) is 5.43 Å². The molecule has 10 heavy (non-hydrogen) atoms. The van der Waals surface area contributed by atoms with Gasteiger partial charge in [-0.25, -0.2) is 0 Å². The van der Waals surface area contributed by atoms with E-state index in [0.717, 1.165) is 13.0 Å². The standard InChI is InChI=1S/C6H16N2.2ClH/c1-6(2,3)4-5-8-7;;/h8H,4-5,7H2,1-3H3;2*1H. The summed E-state index contributed by atoms with van der Waals surface area (Å²) in [5, 5.41) is 0. The molecule has 0 atom stereocenters. The SMILES string of the molecule is CC(C)(C)CCNN.Cl.Cl. The molecule has 0 saturated heterocycles. The highest BCUT2D eigenvalue weighted by molar-refractivity contribution is 5.85. The molecule has 0 aromatic heterocycles. The van der Waals surface area contributed by atoms with Crippen LogP contribution in [0.5, 0.6) is 0 Å². The highest BCUT2D eigenvalue weighted by Crippen LogP contribution is 2.16. The third-order valence-electron chi connectivity index (χ3n) is 1.02. The Labute approximate surface area is 75.7 Å². The Morgan fingerprint density at radius 3 is 1.70 bits per heavy atom. The lowest BCUT2D eigenvalue weighted by atomic mass is 9.93. The summed E-state index contributed by atoms with van der Waals surface area (Å²) in [4.78, 5) is 0. The van der Waals surface area contributed by atoms with Crippen LogP contribution in [0, 0.1) is 5.41 Å². The molecule has 0 bridgehead atoms. The molecule has 2 nitrogen and oxygen atoms in total. The predicted octanol–water partition coefficient (Wildman–Crippen LogP) is 1.73. The first-order valence-corrected chi connectivity index (χ1v) is 3.00. The van der Waals surface area contributed by atoms with Crippen LogP contribution in [-0.2, 0) is 0 Å². The summed E-state index contributed by atoms with van der Waals surface area (Å²) in [6, 6.07) is 0. The van der Waals surface area contributed by atoms with Crippen molar-refractivity contribution in [3.63, 3.8) is 0 Å². The first kappa shape index (κ1) is 16.8. The van der Waals surface area contributed by atoms with Crippen LogP contribution in [-0.4, -0.2) is 6.54 Å². The number of hydrazine groups is 1. The van der Waals surface area contributed by atoms with Gasteiger partial charge in [-0.1, -0.05) is 20.8 Å². The predicted molar refractivity (Wildman–Crippen MR) is 50.8 cm³/mol. The Kier molecular flexibility index (Phi) is 12.8. The van der Waals surface area contributed by atoms with Crippen LogP contribution >= 0.6 is 24.8 Å². The molecule has 0 aromatic rings. The topological polar surface area (TPSA) is 38.0 Å². The van der Waals surface area contributed by atoms with E-state index < -0.39 is 0 Å². The van der Waals surface area contributed by atoms with Gasteiger partial charge < -0.3 is 0 Å². The molecule has 0 aromatic carbocycles. The summed E-state index contributed by atoms with van der Waals surface area (Å²) < 4.78 is 0. The minimum Gasteiger partial charge on any atom is -0.271 e. The van der Waals surface area contributed by atoms with Gasteiger partial charge in [0, 0.05) is 6.54 Å². The van der Waals surface area contributed by atoms with E-state index in [2.05, 4.69) is 26.2 Å². The third-order valence-corrected chi connectivity index (χ3v) is 1.02. The molecule has 66 valence electrons. The summed E-state index contributed by atoms with van der Waals surface area (Å²) in [6.07, 6.45) is 1.13. The van der Waals surface area contributed by atoms with Crippen LogP contribution in [0.4, 0.5) is 0 Å². The van der Waals surface area contributed by atoms with Crippen LogP contribution in [0.3, 0.4) is 0 Å². The second-order valence-electron chi connectivity index (χ2n) is 3.26. The van der Waals surface area contributed by atoms with Gasteiger partial charge in [0.25, 0.3) is 0 Å². The van der Waals surface area contributed by atoms with Crippen molar-refractivity contribution in [2.45, 2.75) is 27.2 Å². The molecule has 4 heteroatoms. The second kappa shape index (κ2) is 7.61. The molecule has 0 radical (unpaired) electrons. The van der Waals surface area contributed by atoms with Gasteiger partial charge in [0.15, 0.2) is 0 Å². The molecule has 0 saturated carbocycles. The van der Waals surface area contributed by atoms with E-state index in [1.165, 1.54) is 0 Å². The number of hydrogen-bond donors (Lipinski definition) is 2. The van der Waals surface area contributed by atoms with Crippen molar-refractivity contribution in [3.8, 4) is 0 Å². The summed E-state index contributed by atoms with van der Waals surface area (Å²) in [5.41, 5.74) is 3.03. The zero-order chi connectivity index (χ0) is 6.62. The maximum Gasteiger partial charge on any atom is 0.0102 e. The Hall–Kier alpha value is 0.500. The van der Waals surface area contributed by atoms with Crippen molar-refractivity contribution in [2.75, 3.05) is 6.54 Å². The Bertz CT molecular complexity index is 61.3. The molecule has 0 rings (SSSR count). The molecule has 0 amide bonds. The van der Waals surface area contributed by atoms with Gasteiger partial charge in [0.1, 0.15) is 0 Å². The molecule has 3 N–H and O–H groups in total. The summed E-state index contributed by atoms with van der Waals surface area (Å²) >= 11 is 0. The lowest BCUT2D eigenvalue weighted by Gasteiger charge is -2.16. The van der Waals surface area contributed by atoms with Crippen LogP contribution in [0.2, 0.25) is 0 Å². The maximum atomic E-state index is 5.09. The second-order valence-corrected chi connectivity index (χ2v) is 3.26. The molecular formula is C6H18Cl2N2. The first-order chi connectivity index (χ1) is 3.56. The molecule has 0 spiro atoms. The molecule has 0 heterocycles. The Morgan fingerprint density at radius 2 is 1.60 bits per heavy atom. The number of rotatable bonds is 2. The first-order valence-electron chi connectivity index (χ1n) is 3.00. The van der Waals surface area contributed by atoms with Gasteiger partial charge in [-0.2, -0.15) is 0 Å². The lowest BCUT2D eigenvalue weighted by Crippen LogP contribution is -2.26. The van der Waals surface area contributed by atoms with Crippen molar-refractivity contribution < 1.29 is 0 Å². The quantitative estimate of drug-likeness (QED) is 0.512. The van der Waals surface area contributed by atoms with Gasteiger partial charge in [-0.3, -0.25) is 11.3 Å². The van der Waals surface area contributed by atoms with Crippen molar-refractivity contribution in [3.05, 3.63) is 0 Å². The van der Waals surface area contributed by atoms with E-state index in [4.69, 9.17) is 5.84 Å². The molecule has 0 unspecified atom stereocenters. The van der Waals surface area contributed by atoms with E-state index in [0.29, 0.717) is 5.41 Å². The molecule has 0 aliphatic heterocycles. The van der Waals surface area contributed by atoms with Crippen LogP contribution in [0.25, 0.3) is 0 Å². The highest BCUT2D eigenvalue weighted by atomic mass is 35.5. The summed E-state index contributed by atoms with van der Waals surface area (Å²) in [5.74, 6) is 5.09. The lowest BCUT2D eigenvalue weighted by molar-refractivity contribution is 0.369. The smallest absolute Gasteiger partial charge is 0.0102 e. The minimum atomic E-state index is 0. The molecular weight excluding hydrogens is 171 g/mol. The van der Waals surface area contributed by atoms with Gasteiger partial charge in [0.05, 0.1) is 0 Å². The van der Waals surface area contributed by atoms with Crippen molar-refractivity contribution in [1.29, 1.82) is 0 Å². The van der Waals surface area contributed by atoms with Gasteiger partial charge in [0.2, 0.25) is 0 Å². The number of hydrogen-bond acceptors (Lipinski definition) is 2. The zero-order valence-electron chi connectivity index (χ0n) is 6.81. The van der Waals surface area contributed by atoms with E-state index in [-0.39, 0.29) is 24.8 Å². The zero-order valence-corrected chi connectivity index (χ0v) is 8.44. The van der Waals surface area contributed by atoms with E-state index in [9.17, 15) is 0 Å². The van der Waals surface area contributed by atoms with E-state index in [1.807, 2.05) is 0 Å². The summed E-state index contributed by atoms with van der Waals surface area (Å²) in [6.45, 7) is 7.50. The largest absolute Gasteiger partial charge is 0.271 e. The van der Waals surface area contributed by atoms with E-state index in [1.54, 1.807) is 0 Å². The van der Waals surface area contributed by atoms with Crippen LogP contribution < -0.4 is 11.3 Å². The molecule has 0 aliphatic carbocycles. The Morgan fingerprint density at radius 1 is 1.20 bits per heavy atom. The maximum absolute atomic E-state index is 5.09. The number of nitrogens with one attached hydrogen (secondary N) is 1. The van der Waals surface area contributed by atoms with Crippen molar-refractivity contribution >= 4 is 24.8 Å². The highest BCUT2D eigenvalue weighted by Gasteiger charge is 2.07. The van der Waals surface area contributed by atoms with Gasteiger partial charge >= 0.3 is 0 Å².